The van der Waals surface area contributed by atoms with Gasteiger partial charge in [-0.1, -0.05) is 12.1 Å². The highest BCUT2D eigenvalue weighted by Gasteiger charge is 2.10. The lowest BCUT2D eigenvalue weighted by Crippen LogP contribution is -2.22. The smallest absolute Gasteiger partial charge is 0.262 e. The number of pyridine rings is 1. The molecule has 3 rings (SSSR count). The lowest BCUT2D eigenvalue weighted by molar-refractivity contribution is 0.102. The molecule has 6 nitrogen and oxygen atoms in total. The normalized spacial score (nSPS) is 10.5. The van der Waals surface area contributed by atoms with E-state index in [2.05, 4.69) is 21.9 Å². The van der Waals surface area contributed by atoms with Crippen molar-refractivity contribution in [3.05, 3.63) is 75.9 Å². The minimum absolute atomic E-state index is 0.217. The Morgan fingerprint density at radius 2 is 2.21 bits per heavy atom. The second kappa shape index (κ2) is 6.59. The van der Waals surface area contributed by atoms with Gasteiger partial charge in [-0.25, -0.2) is 4.98 Å². The molecular weight excluding hydrogens is 324 g/mol. The van der Waals surface area contributed by atoms with E-state index in [4.69, 9.17) is 12.2 Å². The third kappa shape index (κ3) is 3.02. The second-order valence-electron chi connectivity index (χ2n) is 5.06. The Balaban J connectivity index is 2.01. The molecule has 24 heavy (non-hydrogen) atoms. The maximum atomic E-state index is 12.4. The number of allylic oxidation sites excluding steroid dienone is 1. The van der Waals surface area contributed by atoms with Crippen LogP contribution in [0.1, 0.15) is 10.4 Å². The van der Waals surface area contributed by atoms with Crippen molar-refractivity contribution in [1.29, 1.82) is 0 Å². The van der Waals surface area contributed by atoms with E-state index in [0.717, 1.165) is 0 Å². The summed E-state index contributed by atoms with van der Waals surface area (Å²) in [6.07, 6.45) is 3.20. The molecular formula is C17H14N4O2S. The van der Waals surface area contributed by atoms with Gasteiger partial charge in [0, 0.05) is 18.3 Å². The van der Waals surface area contributed by atoms with Crippen LogP contribution in [0.5, 0.6) is 0 Å². The van der Waals surface area contributed by atoms with E-state index in [1.807, 2.05) is 0 Å². The number of benzene rings is 1. The van der Waals surface area contributed by atoms with Crippen LogP contribution in [0, 0.1) is 4.77 Å². The van der Waals surface area contributed by atoms with Crippen molar-refractivity contribution < 1.29 is 4.79 Å². The zero-order valence-electron chi connectivity index (χ0n) is 12.7. The highest BCUT2D eigenvalue weighted by molar-refractivity contribution is 7.71. The number of aromatic nitrogens is 3. The first-order valence-electron chi connectivity index (χ1n) is 7.20. The SMILES string of the molecule is C=CCn1c(=S)[nH]c2cc(C(=O)Nc3ccccn3)ccc2c1=O. The van der Waals surface area contributed by atoms with Crippen LogP contribution in [0.15, 0.2) is 60.0 Å². The minimum Gasteiger partial charge on any atom is -0.332 e. The summed E-state index contributed by atoms with van der Waals surface area (Å²) in [6.45, 7) is 3.94. The maximum absolute atomic E-state index is 12.4. The van der Waals surface area contributed by atoms with Crippen molar-refractivity contribution in [3.8, 4) is 0 Å². The molecule has 7 heteroatoms. The van der Waals surface area contributed by atoms with Gasteiger partial charge < -0.3 is 10.3 Å². The van der Waals surface area contributed by atoms with Gasteiger partial charge in [0.15, 0.2) is 4.77 Å². The van der Waals surface area contributed by atoms with Gasteiger partial charge in [0.25, 0.3) is 11.5 Å². The Hall–Kier alpha value is -3.06. The molecule has 0 unspecified atom stereocenters. The van der Waals surface area contributed by atoms with Crippen LogP contribution < -0.4 is 10.9 Å². The molecule has 2 heterocycles. The fourth-order valence-corrected chi connectivity index (χ4v) is 2.58. The van der Waals surface area contributed by atoms with Gasteiger partial charge in [-0.05, 0) is 42.5 Å². The molecule has 2 aromatic heterocycles. The minimum atomic E-state index is -0.315. The quantitative estimate of drug-likeness (QED) is 0.566. The Labute approximate surface area is 142 Å². The molecule has 0 atom stereocenters. The number of H-pyrrole nitrogens is 1. The summed E-state index contributed by atoms with van der Waals surface area (Å²) in [5.41, 5.74) is 0.698. The molecule has 0 bridgehead atoms. The first-order valence-corrected chi connectivity index (χ1v) is 7.61. The highest BCUT2D eigenvalue weighted by Crippen LogP contribution is 2.12. The van der Waals surface area contributed by atoms with Crippen molar-refractivity contribution in [1.82, 2.24) is 14.5 Å². The largest absolute Gasteiger partial charge is 0.332 e. The molecule has 0 radical (unpaired) electrons. The number of carbonyl (C=O) groups excluding carboxylic acids is 1. The van der Waals surface area contributed by atoms with Crippen LogP contribution >= 0.6 is 12.2 Å². The van der Waals surface area contributed by atoms with Gasteiger partial charge in [0.05, 0.1) is 10.9 Å². The number of nitrogens with one attached hydrogen (secondary N) is 2. The Morgan fingerprint density at radius 1 is 1.38 bits per heavy atom. The van der Waals surface area contributed by atoms with Crippen LogP contribution in [0.25, 0.3) is 10.9 Å². The number of hydrogen-bond acceptors (Lipinski definition) is 4. The zero-order valence-corrected chi connectivity index (χ0v) is 13.5. The standard InChI is InChI=1S/C17H14N4O2S/c1-2-9-21-16(23)12-7-6-11(10-13(12)19-17(21)24)15(22)20-14-5-3-4-8-18-14/h2-8,10H,1,9H2,(H,19,24)(H,18,20,22). The molecule has 0 saturated heterocycles. The zero-order chi connectivity index (χ0) is 17.1. The third-order valence-electron chi connectivity index (χ3n) is 3.46. The summed E-state index contributed by atoms with van der Waals surface area (Å²) in [5.74, 6) is 0.141. The lowest BCUT2D eigenvalue weighted by Gasteiger charge is -2.08. The number of rotatable bonds is 4. The Morgan fingerprint density at radius 3 is 2.92 bits per heavy atom. The molecule has 1 amide bonds. The molecule has 0 saturated carbocycles. The van der Waals surface area contributed by atoms with Gasteiger partial charge in [-0.15, -0.1) is 6.58 Å². The van der Waals surface area contributed by atoms with Gasteiger partial charge in [-0.3, -0.25) is 14.2 Å². The van der Waals surface area contributed by atoms with Crippen molar-refractivity contribution in [2.75, 3.05) is 5.32 Å². The highest BCUT2D eigenvalue weighted by atomic mass is 32.1. The van der Waals surface area contributed by atoms with Crippen molar-refractivity contribution >= 4 is 34.8 Å². The number of fused-ring (bicyclic) bond motifs is 1. The first-order chi connectivity index (χ1) is 11.6. The predicted molar refractivity (Wildman–Crippen MR) is 95.8 cm³/mol. The van der Waals surface area contributed by atoms with E-state index in [1.165, 1.54) is 4.57 Å². The first kappa shape index (κ1) is 15.8. The van der Waals surface area contributed by atoms with E-state index in [0.29, 0.717) is 28.8 Å². The summed E-state index contributed by atoms with van der Waals surface area (Å²) in [6, 6.07) is 10.0. The van der Waals surface area contributed by atoms with Gasteiger partial charge in [-0.2, -0.15) is 0 Å². The summed E-state index contributed by atoms with van der Waals surface area (Å²) < 4.78 is 1.70. The number of carbonyl (C=O) groups is 1. The second-order valence-corrected chi connectivity index (χ2v) is 5.45. The number of amides is 1. The molecule has 0 fully saturated rings. The topological polar surface area (TPSA) is 79.8 Å². The average Bonchev–Trinajstić information content (AvgIpc) is 2.59. The number of nitrogens with zero attached hydrogens (tertiary/aromatic N) is 2. The van der Waals surface area contributed by atoms with Gasteiger partial charge in [0.1, 0.15) is 5.82 Å². The fraction of sp³-hybridized carbons (Fsp3) is 0.0588. The molecule has 120 valence electrons. The van der Waals surface area contributed by atoms with E-state index in [1.54, 1.807) is 48.7 Å². The lowest BCUT2D eigenvalue weighted by atomic mass is 10.1. The monoisotopic (exact) mass is 338 g/mol. The van der Waals surface area contributed by atoms with Crippen molar-refractivity contribution in [2.45, 2.75) is 6.54 Å². The molecule has 3 aromatic rings. The summed E-state index contributed by atoms with van der Waals surface area (Å²) >= 11 is 5.20. The Bertz CT molecular complexity index is 1040. The van der Waals surface area contributed by atoms with E-state index < -0.39 is 0 Å². The van der Waals surface area contributed by atoms with E-state index in [-0.39, 0.29) is 16.2 Å². The average molecular weight is 338 g/mol. The number of hydrogen-bond donors (Lipinski definition) is 2. The molecule has 0 spiro atoms. The molecule has 2 N–H and O–H groups in total. The maximum Gasteiger partial charge on any atom is 0.262 e. The van der Waals surface area contributed by atoms with Crippen LogP contribution in [0.4, 0.5) is 5.82 Å². The van der Waals surface area contributed by atoms with Crippen molar-refractivity contribution in [3.63, 3.8) is 0 Å². The predicted octanol–water partition coefficient (Wildman–Crippen LogP) is 2.89. The molecule has 0 aliphatic rings. The van der Waals surface area contributed by atoms with Crippen molar-refractivity contribution in [2.24, 2.45) is 0 Å². The fourth-order valence-electron chi connectivity index (χ4n) is 2.32. The molecule has 1 aromatic carbocycles. The van der Waals surface area contributed by atoms with E-state index >= 15 is 0 Å². The van der Waals surface area contributed by atoms with Crippen LogP contribution in [-0.2, 0) is 6.54 Å². The third-order valence-corrected chi connectivity index (χ3v) is 3.78. The van der Waals surface area contributed by atoms with E-state index in [9.17, 15) is 9.59 Å². The number of aromatic amines is 1. The summed E-state index contributed by atoms with van der Waals surface area (Å²) in [4.78, 5) is 31.8. The van der Waals surface area contributed by atoms with Gasteiger partial charge >= 0.3 is 0 Å². The Kier molecular flexibility index (Phi) is 4.35. The van der Waals surface area contributed by atoms with Gasteiger partial charge in [0.2, 0.25) is 0 Å². The van der Waals surface area contributed by atoms with Crippen LogP contribution in [0.2, 0.25) is 0 Å². The molecule has 0 aliphatic carbocycles. The molecule has 0 aliphatic heterocycles. The number of anilines is 1. The summed E-state index contributed by atoms with van der Waals surface area (Å²) in [5, 5.41) is 3.16. The van der Waals surface area contributed by atoms with Crippen LogP contribution in [0.3, 0.4) is 0 Å². The summed E-state index contributed by atoms with van der Waals surface area (Å²) in [7, 11) is 0. The van der Waals surface area contributed by atoms with Crippen LogP contribution in [-0.4, -0.2) is 20.4 Å².